The van der Waals surface area contributed by atoms with E-state index in [1.807, 2.05) is 0 Å². The predicted molar refractivity (Wildman–Crippen MR) is 180 cm³/mol. The predicted octanol–water partition coefficient (Wildman–Crippen LogP) is 7.85. The molecule has 0 aliphatic carbocycles. The lowest BCUT2D eigenvalue weighted by atomic mass is 10.0. The van der Waals surface area contributed by atoms with Gasteiger partial charge in [0.05, 0.1) is 0 Å². The number of aliphatic carboxylic acids is 2. The number of nitrogens with zero attached hydrogens (tertiary/aromatic N) is 2. The fourth-order valence-electron chi connectivity index (χ4n) is 5.98. The maximum atomic E-state index is 10.5. The summed E-state index contributed by atoms with van der Waals surface area (Å²) in [6, 6.07) is 9.18. The van der Waals surface area contributed by atoms with Crippen LogP contribution in [0.5, 0.6) is 0 Å². The summed E-state index contributed by atoms with van der Waals surface area (Å²) in [5.74, 6) is -6.01. The van der Waals surface area contributed by atoms with E-state index in [0.29, 0.717) is 0 Å². The standard InChI is InChI=1S/C35H58N2.2C2HF3O2/c1-2-6-10-14-18-24-34-26-22-31-37(32-34)29-21-17-13-9-5-3-7-11-15-19-25-35-27-23-30-36(33-35)28-20-16-12-8-4-1;2*3-2(4,5)1(6)7/h22-23,26-27,30-33H,1-21,24-25,28-29H2;2*(H,6,7)/q+2;;/p-2. The zero-order valence-electron chi connectivity index (χ0n) is 30.1. The smallest absolute Gasteiger partial charge is 0.430 e. The lowest BCUT2D eigenvalue weighted by molar-refractivity contribution is -0.697. The quantitative estimate of drug-likeness (QED) is 0.204. The van der Waals surface area contributed by atoms with Crippen LogP contribution in [0.2, 0.25) is 0 Å². The second-order valence-electron chi connectivity index (χ2n) is 13.4. The number of carboxylic acid groups (broad SMARTS) is 2. The number of carbonyl (C=O) groups excluding carboxylic acids is 2. The summed E-state index contributed by atoms with van der Waals surface area (Å²) < 4.78 is 68.0. The van der Waals surface area contributed by atoms with E-state index in [1.54, 1.807) is 0 Å². The van der Waals surface area contributed by atoms with Crippen molar-refractivity contribution in [2.45, 2.75) is 173 Å². The van der Waals surface area contributed by atoms with E-state index in [-0.39, 0.29) is 0 Å². The largest absolute Gasteiger partial charge is 0.542 e. The first kappa shape index (κ1) is 45.8. The van der Waals surface area contributed by atoms with Crippen LogP contribution in [-0.4, -0.2) is 24.3 Å². The van der Waals surface area contributed by atoms with Crippen molar-refractivity contribution in [2.75, 3.05) is 0 Å². The topological polar surface area (TPSA) is 88.0 Å². The van der Waals surface area contributed by atoms with E-state index in [4.69, 9.17) is 19.8 Å². The van der Waals surface area contributed by atoms with Crippen LogP contribution in [0.1, 0.15) is 146 Å². The molecule has 290 valence electrons. The molecule has 1 aliphatic heterocycles. The van der Waals surface area contributed by atoms with Crippen LogP contribution in [0.4, 0.5) is 26.3 Å². The Kier molecular flexibility index (Phi) is 24.7. The number of hydrogen-bond donors (Lipinski definition) is 0. The molecule has 4 bridgehead atoms. The van der Waals surface area contributed by atoms with Crippen molar-refractivity contribution >= 4 is 11.9 Å². The second kappa shape index (κ2) is 27.5. The molecule has 2 aromatic rings. The number of rotatable bonds is 0. The van der Waals surface area contributed by atoms with E-state index in [0.717, 1.165) is 0 Å². The normalized spacial score (nSPS) is 17.5. The summed E-state index contributed by atoms with van der Waals surface area (Å²) in [6.45, 7) is 2.38. The highest BCUT2D eigenvalue weighted by atomic mass is 19.4. The number of carbonyl (C=O) groups is 2. The zero-order chi connectivity index (χ0) is 37.8. The lowest BCUT2D eigenvalue weighted by Gasteiger charge is -2.04. The first-order chi connectivity index (χ1) is 24.3. The maximum Gasteiger partial charge on any atom is 0.430 e. The van der Waals surface area contributed by atoms with Crippen molar-refractivity contribution in [3.05, 3.63) is 60.2 Å². The van der Waals surface area contributed by atoms with Crippen molar-refractivity contribution in [3.8, 4) is 0 Å². The van der Waals surface area contributed by atoms with E-state index in [2.05, 4.69) is 58.2 Å². The summed E-state index contributed by atoms with van der Waals surface area (Å²) >= 11 is 0. The number of halogens is 6. The Morgan fingerprint density at radius 1 is 0.451 bits per heavy atom. The lowest BCUT2D eigenvalue weighted by Crippen LogP contribution is -2.37. The maximum absolute atomic E-state index is 10.5. The Morgan fingerprint density at radius 2 is 0.686 bits per heavy atom. The molecule has 0 fully saturated rings. The molecule has 0 saturated carbocycles. The van der Waals surface area contributed by atoms with Gasteiger partial charge in [-0.1, -0.05) is 96.3 Å². The summed E-state index contributed by atoms with van der Waals surface area (Å²) in [5.41, 5.74) is 3.06. The van der Waals surface area contributed by atoms with E-state index in [9.17, 15) is 26.3 Å². The minimum absolute atomic E-state index is 1.19. The number of aromatic nitrogens is 2. The highest BCUT2D eigenvalue weighted by molar-refractivity contribution is 5.71. The molecule has 6 nitrogen and oxygen atoms in total. The highest BCUT2D eigenvalue weighted by Gasteiger charge is 2.29. The van der Waals surface area contributed by atoms with E-state index >= 15 is 0 Å². The number of aryl methyl sites for hydroxylation is 4. The minimum atomic E-state index is -5.19. The van der Waals surface area contributed by atoms with Crippen LogP contribution >= 0.6 is 0 Å². The summed E-state index contributed by atoms with van der Waals surface area (Å²) in [7, 11) is 0. The molecule has 2 aromatic heterocycles. The Morgan fingerprint density at radius 3 is 0.941 bits per heavy atom. The van der Waals surface area contributed by atoms with Crippen LogP contribution in [-0.2, 0) is 35.5 Å². The van der Waals surface area contributed by atoms with Gasteiger partial charge in [-0.05, 0) is 50.7 Å². The van der Waals surface area contributed by atoms with Gasteiger partial charge in [0.25, 0.3) is 0 Å². The number of alkyl halides is 6. The van der Waals surface area contributed by atoms with Gasteiger partial charge in [-0.3, -0.25) is 0 Å². The van der Waals surface area contributed by atoms with Gasteiger partial charge in [-0.2, -0.15) is 26.3 Å². The Hall–Kier alpha value is -3.18. The Labute approximate surface area is 300 Å². The third-order valence-electron chi connectivity index (χ3n) is 8.82. The van der Waals surface area contributed by atoms with Gasteiger partial charge >= 0.3 is 12.4 Å². The van der Waals surface area contributed by atoms with Gasteiger partial charge in [-0.25, -0.2) is 9.13 Å². The van der Waals surface area contributed by atoms with Gasteiger partial charge in [0.15, 0.2) is 24.8 Å². The van der Waals surface area contributed by atoms with Gasteiger partial charge in [0, 0.05) is 36.1 Å². The molecule has 3 rings (SSSR count). The monoisotopic (exact) mass is 732 g/mol. The number of carboxylic acids is 2. The molecular formula is C39H58F6N2O4. The number of fused-ring (bicyclic) bond motifs is 4. The van der Waals surface area contributed by atoms with Gasteiger partial charge in [0.2, 0.25) is 0 Å². The molecule has 0 atom stereocenters. The molecular weight excluding hydrogens is 674 g/mol. The first-order valence-corrected chi connectivity index (χ1v) is 18.8. The first-order valence-electron chi connectivity index (χ1n) is 18.8. The Balaban J connectivity index is 0.000000780. The van der Waals surface area contributed by atoms with Crippen molar-refractivity contribution < 1.29 is 55.3 Å². The van der Waals surface area contributed by atoms with Crippen molar-refractivity contribution in [1.82, 2.24) is 0 Å². The second-order valence-corrected chi connectivity index (χ2v) is 13.4. The average Bonchev–Trinajstić information content (AvgIpc) is 3.07. The number of pyridine rings is 2. The summed E-state index contributed by atoms with van der Waals surface area (Å²) in [5, 5.41) is 17.6. The number of hydrogen-bond acceptors (Lipinski definition) is 4. The van der Waals surface area contributed by atoms with Crippen molar-refractivity contribution in [3.63, 3.8) is 0 Å². The molecule has 0 amide bonds. The van der Waals surface area contributed by atoms with Gasteiger partial charge < -0.3 is 19.8 Å². The summed E-state index contributed by atoms with van der Waals surface area (Å²) in [6.07, 6.45) is 31.0. The minimum Gasteiger partial charge on any atom is -0.542 e. The molecule has 0 spiro atoms. The van der Waals surface area contributed by atoms with E-state index in [1.165, 1.54) is 172 Å². The molecule has 1 aliphatic rings. The van der Waals surface area contributed by atoms with Crippen molar-refractivity contribution in [2.24, 2.45) is 0 Å². The summed E-state index contributed by atoms with van der Waals surface area (Å²) in [4.78, 5) is 17.6. The molecule has 51 heavy (non-hydrogen) atoms. The molecule has 0 aromatic carbocycles. The third-order valence-corrected chi connectivity index (χ3v) is 8.82. The molecule has 0 saturated heterocycles. The molecule has 3 heterocycles. The highest BCUT2D eigenvalue weighted by Crippen LogP contribution is 2.15. The fourth-order valence-corrected chi connectivity index (χ4v) is 5.98. The fraction of sp³-hybridized carbons (Fsp3) is 0.692. The van der Waals surface area contributed by atoms with Crippen LogP contribution in [0.15, 0.2) is 49.1 Å². The Bertz CT molecular complexity index is 1120. The molecule has 0 radical (unpaired) electrons. The zero-order valence-corrected chi connectivity index (χ0v) is 30.1. The van der Waals surface area contributed by atoms with E-state index < -0.39 is 24.3 Å². The van der Waals surface area contributed by atoms with Crippen molar-refractivity contribution in [1.29, 1.82) is 0 Å². The van der Waals surface area contributed by atoms with Crippen LogP contribution in [0.25, 0.3) is 0 Å². The third kappa shape index (κ3) is 26.3. The van der Waals surface area contributed by atoms with Gasteiger partial charge in [0.1, 0.15) is 25.0 Å². The SMILES string of the molecule is O=C([O-])C(F)(F)F.O=C([O-])C(F)(F)F.c1cc2c[n+](c1)CCCCCCCCCCCCCc1ccc[n+](c1)CCCCCCCCCCCC2. The molecule has 0 N–H and O–H groups in total. The van der Waals surface area contributed by atoms with Crippen LogP contribution in [0.3, 0.4) is 0 Å². The molecule has 12 heteroatoms. The van der Waals surface area contributed by atoms with Crippen LogP contribution in [0, 0.1) is 0 Å². The van der Waals surface area contributed by atoms with Gasteiger partial charge in [-0.15, -0.1) is 0 Å². The molecule has 0 unspecified atom stereocenters. The van der Waals surface area contributed by atoms with Crippen LogP contribution < -0.4 is 19.3 Å². The average molecular weight is 733 g/mol.